The third-order valence-electron chi connectivity index (χ3n) is 1.37. The second-order valence-corrected chi connectivity index (χ2v) is 4.27. The van der Waals surface area contributed by atoms with E-state index in [0.29, 0.717) is 12.6 Å². The van der Waals surface area contributed by atoms with Crippen LogP contribution in [0.4, 0.5) is 5.95 Å². The van der Waals surface area contributed by atoms with Crippen molar-refractivity contribution in [1.29, 1.82) is 0 Å². The molecule has 7 heteroatoms. The van der Waals surface area contributed by atoms with Gasteiger partial charge in [0.05, 0.1) is 11.1 Å². The van der Waals surface area contributed by atoms with E-state index in [0.717, 1.165) is 15.3 Å². The maximum atomic E-state index is 5.20. The van der Waals surface area contributed by atoms with Gasteiger partial charge in [-0.05, 0) is 15.9 Å². The van der Waals surface area contributed by atoms with Crippen molar-refractivity contribution in [1.82, 2.24) is 9.97 Å². The van der Waals surface area contributed by atoms with Crippen LogP contribution in [0.3, 0.4) is 0 Å². The molecule has 0 atom stereocenters. The number of hydrogen-bond acceptors (Lipinski definition) is 6. The molecule has 3 N–H and O–H groups in total. The molecule has 14 heavy (non-hydrogen) atoms. The Hall–Kier alpha value is -0.370. The normalized spacial score (nSPS) is 10.2. The Morgan fingerprint density at radius 3 is 3.14 bits per heavy atom. The van der Waals surface area contributed by atoms with Crippen molar-refractivity contribution < 1.29 is 4.74 Å². The third kappa shape index (κ3) is 3.41. The predicted octanol–water partition coefficient (Wildman–Crippen LogP) is 1.26. The highest BCUT2D eigenvalue weighted by Gasteiger charge is 2.04. The van der Waals surface area contributed by atoms with Gasteiger partial charge in [0, 0.05) is 19.1 Å². The second-order valence-electron chi connectivity index (χ2n) is 2.33. The van der Waals surface area contributed by atoms with Crippen molar-refractivity contribution in [3.8, 4) is 0 Å². The first-order valence-electron chi connectivity index (χ1n) is 3.89. The van der Waals surface area contributed by atoms with Gasteiger partial charge in [0.2, 0.25) is 5.95 Å². The first kappa shape index (κ1) is 11.7. The molecule has 0 amide bonds. The summed E-state index contributed by atoms with van der Waals surface area (Å²) in [5.41, 5.74) is 2.40. The van der Waals surface area contributed by atoms with E-state index in [-0.39, 0.29) is 0 Å². The highest BCUT2D eigenvalue weighted by molar-refractivity contribution is 9.10. The van der Waals surface area contributed by atoms with Gasteiger partial charge in [0.25, 0.3) is 0 Å². The molecule has 0 radical (unpaired) electrons. The summed E-state index contributed by atoms with van der Waals surface area (Å²) in [6, 6.07) is 0. The van der Waals surface area contributed by atoms with Gasteiger partial charge in [-0.1, -0.05) is 0 Å². The number of nitrogens with one attached hydrogen (secondary N) is 1. The Kier molecular flexibility index (Phi) is 5.16. The summed E-state index contributed by atoms with van der Waals surface area (Å²) in [5, 5.41) is 0.852. The van der Waals surface area contributed by atoms with Gasteiger partial charge < -0.3 is 4.74 Å². The number of nitrogen functional groups attached to an aromatic ring is 1. The molecule has 0 bridgehead atoms. The average molecular weight is 279 g/mol. The lowest BCUT2D eigenvalue weighted by atomic mass is 10.7. The Morgan fingerprint density at radius 2 is 2.50 bits per heavy atom. The fraction of sp³-hybridized carbons (Fsp3) is 0.429. The van der Waals surface area contributed by atoms with Crippen LogP contribution in [0.2, 0.25) is 0 Å². The van der Waals surface area contributed by atoms with Gasteiger partial charge in [-0.25, -0.2) is 15.8 Å². The standard InChI is InChI=1S/C7H11BrN4OS/c1-13-2-3-14-6-5(8)4-10-7(11-6)12-9/h4H,2-3,9H2,1H3,(H,10,11,12). The molecule has 1 aromatic rings. The number of hydrazine groups is 1. The van der Waals surface area contributed by atoms with E-state index in [2.05, 4.69) is 31.3 Å². The summed E-state index contributed by atoms with van der Waals surface area (Å²) in [4.78, 5) is 8.12. The lowest BCUT2D eigenvalue weighted by Gasteiger charge is -2.04. The van der Waals surface area contributed by atoms with Gasteiger partial charge in [-0.3, -0.25) is 5.43 Å². The van der Waals surface area contributed by atoms with Crippen LogP contribution < -0.4 is 11.3 Å². The Balaban J connectivity index is 2.64. The van der Waals surface area contributed by atoms with Crippen LogP contribution in [0, 0.1) is 0 Å². The van der Waals surface area contributed by atoms with Gasteiger partial charge in [0.15, 0.2) is 0 Å². The first-order chi connectivity index (χ1) is 6.77. The quantitative estimate of drug-likeness (QED) is 0.278. The number of thioether (sulfide) groups is 1. The summed E-state index contributed by atoms with van der Waals surface area (Å²) in [7, 11) is 1.67. The number of aromatic nitrogens is 2. The molecule has 0 spiro atoms. The molecule has 78 valence electrons. The van der Waals surface area contributed by atoms with Crippen LogP contribution in [-0.2, 0) is 4.74 Å². The van der Waals surface area contributed by atoms with Gasteiger partial charge in [0.1, 0.15) is 5.03 Å². The van der Waals surface area contributed by atoms with E-state index < -0.39 is 0 Å². The third-order valence-corrected chi connectivity index (χ3v) is 3.17. The highest BCUT2D eigenvalue weighted by atomic mass is 79.9. The number of halogens is 1. The van der Waals surface area contributed by atoms with Crippen molar-refractivity contribution in [3.63, 3.8) is 0 Å². The topological polar surface area (TPSA) is 73.1 Å². The van der Waals surface area contributed by atoms with Crippen molar-refractivity contribution in [2.24, 2.45) is 5.84 Å². The van der Waals surface area contributed by atoms with Crippen molar-refractivity contribution in [2.45, 2.75) is 5.03 Å². The summed E-state index contributed by atoms with van der Waals surface area (Å²) < 4.78 is 5.80. The van der Waals surface area contributed by atoms with E-state index in [1.165, 1.54) is 0 Å². The van der Waals surface area contributed by atoms with Crippen LogP contribution in [0.5, 0.6) is 0 Å². The fourth-order valence-electron chi connectivity index (χ4n) is 0.744. The lowest BCUT2D eigenvalue weighted by molar-refractivity contribution is 0.218. The van der Waals surface area contributed by atoms with E-state index >= 15 is 0 Å². The molecule has 0 saturated carbocycles. The van der Waals surface area contributed by atoms with Crippen LogP contribution >= 0.6 is 27.7 Å². The monoisotopic (exact) mass is 278 g/mol. The molecule has 0 aliphatic heterocycles. The maximum Gasteiger partial charge on any atom is 0.238 e. The molecule has 0 aromatic carbocycles. The predicted molar refractivity (Wildman–Crippen MR) is 60.1 cm³/mol. The van der Waals surface area contributed by atoms with Gasteiger partial charge in [-0.15, -0.1) is 11.8 Å². The zero-order chi connectivity index (χ0) is 10.4. The molecule has 0 fully saturated rings. The van der Waals surface area contributed by atoms with E-state index in [1.807, 2.05) is 0 Å². The average Bonchev–Trinajstić information content (AvgIpc) is 2.21. The minimum atomic E-state index is 0.410. The van der Waals surface area contributed by atoms with Crippen LogP contribution in [0.15, 0.2) is 15.7 Å². The number of nitrogens with two attached hydrogens (primary N) is 1. The molecular weight excluding hydrogens is 268 g/mol. The number of hydrogen-bond donors (Lipinski definition) is 2. The zero-order valence-electron chi connectivity index (χ0n) is 7.66. The van der Waals surface area contributed by atoms with Crippen LogP contribution in [0.1, 0.15) is 0 Å². The minimum Gasteiger partial charge on any atom is -0.384 e. The molecule has 1 heterocycles. The lowest BCUT2D eigenvalue weighted by Crippen LogP contribution is -2.10. The molecule has 5 nitrogen and oxygen atoms in total. The summed E-state index contributed by atoms with van der Waals surface area (Å²) in [6.45, 7) is 0.687. The Bertz CT molecular complexity index is 299. The van der Waals surface area contributed by atoms with Crippen LogP contribution in [-0.4, -0.2) is 29.4 Å². The zero-order valence-corrected chi connectivity index (χ0v) is 10.1. The number of methoxy groups -OCH3 is 1. The van der Waals surface area contributed by atoms with Crippen molar-refractivity contribution >= 4 is 33.6 Å². The van der Waals surface area contributed by atoms with Crippen LogP contribution in [0.25, 0.3) is 0 Å². The SMILES string of the molecule is COCCSc1nc(NN)ncc1Br. The molecular formula is C7H11BrN4OS. The smallest absolute Gasteiger partial charge is 0.238 e. The number of nitrogens with zero attached hydrogens (tertiary/aromatic N) is 2. The van der Waals surface area contributed by atoms with Crippen molar-refractivity contribution in [2.75, 3.05) is 24.9 Å². The number of ether oxygens (including phenoxy) is 1. The number of anilines is 1. The van der Waals surface area contributed by atoms with Gasteiger partial charge in [-0.2, -0.15) is 0 Å². The molecule has 0 aliphatic rings. The summed E-state index contributed by atoms with van der Waals surface area (Å²) in [6.07, 6.45) is 1.66. The highest BCUT2D eigenvalue weighted by Crippen LogP contribution is 2.25. The molecule has 0 aliphatic carbocycles. The fourth-order valence-corrected chi connectivity index (χ4v) is 2.06. The molecule has 1 rings (SSSR count). The largest absolute Gasteiger partial charge is 0.384 e. The minimum absolute atomic E-state index is 0.410. The van der Waals surface area contributed by atoms with E-state index in [4.69, 9.17) is 10.6 Å². The second kappa shape index (κ2) is 6.18. The van der Waals surface area contributed by atoms with E-state index in [9.17, 15) is 0 Å². The van der Waals surface area contributed by atoms with E-state index in [1.54, 1.807) is 25.1 Å². The molecule has 0 unspecified atom stereocenters. The molecule has 0 saturated heterocycles. The summed E-state index contributed by atoms with van der Waals surface area (Å²) in [5.74, 6) is 6.45. The Morgan fingerprint density at radius 1 is 1.71 bits per heavy atom. The van der Waals surface area contributed by atoms with Crippen molar-refractivity contribution in [3.05, 3.63) is 10.7 Å². The Labute approximate surface area is 94.9 Å². The van der Waals surface area contributed by atoms with Gasteiger partial charge >= 0.3 is 0 Å². The first-order valence-corrected chi connectivity index (χ1v) is 5.66. The maximum absolute atomic E-state index is 5.20. The number of rotatable bonds is 5. The summed E-state index contributed by atoms with van der Waals surface area (Å²) >= 11 is 4.94. The molecule has 1 aromatic heterocycles.